The topological polar surface area (TPSA) is 106 Å². The molecule has 0 spiro atoms. The summed E-state index contributed by atoms with van der Waals surface area (Å²) in [4.78, 5) is 27.4. The lowest BCUT2D eigenvalue weighted by molar-refractivity contribution is -0.132. The van der Waals surface area contributed by atoms with Crippen LogP contribution in [-0.2, 0) is 16.0 Å². The van der Waals surface area contributed by atoms with E-state index in [1.807, 2.05) is 38.1 Å². The molecule has 3 aromatic rings. The smallest absolute Gasteiger partial charge is 0.260 e. The average Bonchev–Trinajstić information content (AvgIpc) is 3.43. The molecular weight excluding hydrogens is 448 g/mol. The monoisotopic (exact) mass is 478 g/mol. The first-order valence-electron chi connectivity index (χ1n) is 11.7. The minimum atomic E-state index is -0.381. The van der Waals surface area contributed by atoms with Gasteiger partial charge < -0.3 is 24.4 Å². The number of carbonyl (C=O) groups excluding carboxylic acids is 2. The van der Waals surface area contributed by atoms with E-state index < -0.39 is 0 Å². The normalized spacial score (nSPS) is 14.4. The van der Waals surface area contributed by atoms with Gasteiger partial charge in [-0.2, -0.15) is 5.10 Å². The van der Waals surface area contributed by atoms with Crippen molar-refractivity contribution in [2.75, 3.05) is 38.7 Å². The number of ether oxygens (including phenoxy) is 3. The van der Waals surface area contributed by atoms with Crippen molar-refractivity contribution < 1.29 is 23.8 Å². The van der Waals surface area contributed by atoms with E-state index in [9.17, 15) is 9.59 Å². The van der Waals surface area contributed by atoms with E-state index in [0.29, 0.717) is 30.9 Å². The van der Waals surface area contributed by atoms with Crippen LogP contribution in [0.3, 0.4) is 0 Å². The maximum absolute atomic E-state index is 13.2. The molecule has 35 heavy (non-hydrogen) atoms. The van der Waals surface area contributed by atoms with E-state index in [1.165, 1.54) is 0 Å². The molecule has 2 amide bonds. The van der Waals surface area contributed by atoms with Crippen molar-refractivity contribution in [3.8, 4) is 28.4 Å². The van der Waals surface area contributed by atoms with Gasteiger partial charge in [0.05, 0.1) is 24.9 Å². The number of hydrogen-bond acceptors (Lipinski definition) is 6. The molecule has 1 aliphatic rings. The van der Waals surface area contributed by atoms with E-state index >= 15 is 0 Å². The van der Waals surface area contributed by atoms with E-state index in [-0.39, 0.29) is 30.9 Å². The number of anilines is 1. The van der Waals surface area contributed by atoms with Crippen LogP contribution in [0.5, 0.6) is 17.2 Å². The van der Waals surface area contributed by atoms with Crippen molar-refractivity contribution in [3.63, 3.8) is 0 Å². The molecule has 0 saturated carbocycles. The Labute approximate surface area is 204 Å². The van der Waals surface area contributed by atoms with E-state index in [0.717, 1.165) is 28.2 Å². The van der Waals surface area contributed by atoms with Gasteiger partial charge in [0, 0.05) is 24.8 Å². The minimum absolute atomic E-state index is 0.118. The lowest BCUT2D eigenvalue weighted by atomic mass is 9.95. The fourth-order valence-electron chi connectivity index (χ4n) is 4.04. The maximum atomic E-state index is 13.2. The van der Waals surface area contributed by atoms with Crippen LogP contribution in [0.4, 0.5) is 5.69 Å². The molecule has 184 valence electrons. The molecule has 0 radical (unpaired) electrons. The van der Waals surface area contributed by atoms with Gasteiger partial charge in [0.2, 0.25) is 5.91 Å². The van der Waals surface area contributed by atoms with Gasteiger partial charge in [-0.3, -0.25) is 14.7 Å². The van der Waals surface area contributed by atoms with Crippen molar-refractivity contribution in [2.45, 2.75) is 20.3 Å². The molecule has 0 aliphatic carbocycles. The first-order valence-corrected chi connectivity index (χ1v) is 11.7. The van der Waals surface area contributed by atoms with Crippen LogP contribution in [-0.4, -0.2) is 60.3 Å². The van der Waals surface area contributed by atoms with Crippen molar-refractivity contribution in [3.05, 3.63) is 54.4 Å². The predicted octanol–water partition coefficient (Wildman–Crippen LogP) is 3.52. The summed E-state index contributed by atoms with van der Waals surface area (Å²) in [5, 5.41) is 9.75. The summed E-state index contributed by atoms with van der Waals surface area (Å²) >= 11 is 0. The highest BCUT2D eigenvalue weighted by Crippen LogP contribution is 2.34. The first-order chi connectivity index (χ1) is 17.0. The molecule has 0 bridgehead atoms. The second kappa shape index (κ2) is 10.9. The van der Waals surface area contributed by atoms with Gasteiger partial charge in [-0.05, 0) is 61.7 Å². The van der Waals surface area contributed by atoms with Gasteiger partial charge in [0.1, 0.15) is 23.9 Å². The number of rotatable bonds is 9. The highest BCUT2D eigenvalue weighted by molar-refractivity contribution is 5.95. The molecule has 1 atom stereocenters. The molecule has 2 N–H and O–H groups in total. The highest BCUT2D eigenvalue weighted by atomic mass is 16.5. The summed E-state index contributed by atoms with van der Waals surface area (Å²) in [6, 6.07) is 11.0. The first kappa shape index (κ1) is 24.1. The van der Waals surface area contributed by atoms with Gasteiger partial charge in [0.25, 0.3) is 5.91 Å². The third-order valence-electron chi connectivity index (χ3n) is 6.08. The lowest BCUT2D eigenvalue weighted by Crippen LogP contribution is -2.35. The third kappa shape index (κ3) is 5.56. The van der Waals surface area contributed by atoms with Crippen LogP contribution in [0, 0.1) is 5.92 Å². The molecule has 1 aliphatic heterocycles. The van der Waals surface area contributed by atoms with Crippen molar-refractivity contribution in [1.29, 1.82) is 0 Å². The maximum Gasteiger partial charge on any atom is 0.260 e. The largest absolute Gasteiger partial charge is 0.497 e. The lowest BCUT2D eigenvalue weighted by Gasteiger charge is -2.25. The highest BCUT2D eigenvalue weighted by Gasteiger charge is 2.27. The molecule has 9 nitrogen and oxygen atoms in total. The summed E-state index contributed by atoms with van der Waals surface area (Å²) < 4.78 is 17.0. The second-order valence-electron chi connectivity index (χ2n) is 8.23. The van der Waals surface area contributed by atoms with Gasteiger partial charge in [-0.1, -0.05) is 6.07 Å². The number of methoxy groups -OCH3 is 1. The number of carbonyl (C=O) groups is 2. The molecule has 4 rings (SSSR count). The van der Waals surface area contributed by atoms with E-state index in [4.69, 9.17) is 14.2 Å². The van der Waals surface area contributed by atoms with Crippen LogP contribution in [0.25, 0.3) is 11.1 Å². The Morgan fingerprint density at radius 3 is 2.71 bits per heavy atom. The van der Waals surface area contributed by atoms with Gasteiger partial charge >= 0.3 is 0 Å². The number of nitrogens with zero attached hydrogens (tertiary/aromatic N) is 2. The Bertz CT molecular complexity index is 1170. The number of likely N-dealkylation sites (N-methyl/N-ethyl adjacent to an activating group) is 1. The number of aromatic nitrogens is 2. The molecule has 9 heteroatoms. The Hall–Kier alpha value is -4.01. The summed E-state index contributed by atoms with van der Waals surface area (Å²) in [6.07, 6.45) is 4.00. The average molecular weight is 479 g/mol. The number of amides is 2. The van der Waals surface area contributed by atoms with Gasteiger partial charge in [0.15, 0.2) is 6.61 Å². The fraction of sp³-hybridized carbons (Fsp3) is 0.346. The summed E-state index contributed by atoms with van der Waals surface area (Å²) in [6.45, 7) is 5.20. The zero-order valence-corrected chi connectivity index (χ0v) is 20.2. The molecule has 2 heterocycles. The van der Waals surface area contributed by atoms with Crippen molar-refractivity contribution in [2.24, 2.45) is 5.92 Å². The van der Waals surface area contributed by atoms with Crippen LogP contribution in [0.2, 0.25) is 0 Å². The van der Waals surface area contributed by atoms with Crippen molar-refractivity contribution >= 4 is 17.5 Å². The number of aromatic amines is 1. The SMILES string of the molecule is CCN(CC)C(=O)COc1cc(-c2cn[nH]c2)ccc1NC(=O)[C@H]1COc2ccc(OC)cc2C1. The van der Waals surface area contributed by atoms with Crippen LogP contribution >= 0.6 is 0 Å². The zero-order chi connectivity index (χ0) is 24.8. The fourth-order valence-corrected chi connectivity index (χ4v) is 4.04. The van der Waals surface area contributed by atoms with E-state index in [1.54, 1.807) is 36.5 Å². The minimum Gasteiger partial charge on any atom is -0.497 e. The van der Waals surface area contributed by atoms with E-state index in [2.05, 4.69) is 15.5 Å². The van der Waals surface area contributed by atoms with Crippen LogP contribution < -0.4 is 19.5 Å². The van der Waals surface area contributed by atoms with Gasteiger partial charge in [-0.25, -0.2) is 0 Å². The number of benzene rings is 2. The summed E-state index contributed by atoms with van der Waals surface area (Å²) in [5.74, 6) is 1.21. The van der Waals surface area contributed by atoms with Crippen LogP contribution in [0.15, 0.2) is 48.8 Å². The molecule has 0 saturated heterocycles. The summed E-state index contributed by atoms with van der Waals surface area (Å²) in [5.41, 5.74) is 3.14. The Balaban J connectivity index is 1.52. The number of fused-ring (bicyclic) bond motifs is 1. The predicted molar refractivity (Wildman–Crippen MR) is 132 cm³/mol. The van der Waals surface area contributed by atoms with Gasteiger partial charge in [-0.15, -0.1) is 0 Å². The Morgan fingerprint density at radius 2 is 2.00 bits per heavy atom. The summed E-state index contributed by atoms with van der Waals surface area (Å²) in [7, 11) is 1.61. The Morgan fingerprint density at radius 1 is 1.17 bits per heavy atom. The third-order valence-corrected chi connectivity index (χ3v) is 6.08. The molecule has 0 unspecified atom stereocenters. The Kier molecular flexibility index (Phi) is 7.54. The van der Waals surface area contributed by atoms with Crippen LogP contribution in [0.1, 0.15) is 19.4 Å². The zero-order valence-electron chi connectivity index (χ0n) is 20.2. The second-order valence-corrected chi connectivity index (χ2v) is 8.23. The molecule has 1 aromatic heterocycles. The number of nitrogens with one attached hydrogen (secondary N) is 2. The van der Waals surface area contributed by atoms with Crippen molar-refractivity contribution in [1.82, 2.24) is 15.1 Å². The number of hydrogen-bond donors (Lipinski definition) is 2. The number of H-pyrrole nitrogens is 1. The molecule has 0 fully saturated rings. The standard InChI is InChI=1S/C26H30N4O5/c1-4-30(5-2)25(31)16-35-24-12-17(20-13-27-28-14-20)6-8-22(24)29-26(32)19-10-18-11-21(33-3)7-9-23(18)34-15-19/h6-9,11-14,19H,4-5,10,15-16H2,1-3H3,(H,27,28)(H,29,32)/t19-/m1/s1. The molecular formula is C26H30N4O5. The quantitative estimate of drug-likeness (QED) is 0.488. The molecule has 2 aromatic carbocycles.